The lowest BCUT2D eigenvalue weighted by Gasteiger charge is -2.21. The fourth-order valence-electron chi connectivity index (χ4n) is 1.29. The van der Waals surface area contributed by atoms with Gasteiger partial charge in [-0.05, 0) is 6.42 Å². The van der Waals surface area contributed by atoms with Crippen LogP contribution in [0.1, 0.15) is 19.8 Å². The van der Waals surface area contributed by atoms with Crippen molar-refractivity contribution in [2.45, 2.75) is 25.9 Å². The van der Waals surface area contributed by atoms with E-state index in [0.29, 0.717) is 13.0 Å². The van der Waals surface area contributed by atoms with Crippen LogP contribution in [0.2, 0.25) is 0 Å². The molecule has 0 heterocycles. The van der Waals surface area contributed by atoms with Gasteiger partial charge in [-0.3, -0.25) is 4.79 Å². The Morgan fingerprint density at radius 1 is 1.37 bits per heavy atom. The van der Waals surface area contributed by atoms with Gasteiger partial charge in [0.15, 0.2) is 6.10 Å². The average molecular weight is 276 g/mol. The fourth-order valence-corrected chi connectivity index (χ4v) is 1.29. The zero-order chi connectivity index (χ0) is 14.8. The number of carbonyl (C=O) groups is 3. The summed E-state index contributed by atoms with van der Waals surface area (Å²) in [5.41, 5.74) is 0. The maximum absolute atomic E-state index is 11.7. The number of esters is 1. The number of methoxy groups -OCH3 is 1. The Kier molecular flexibility index (Phi) is 8.27. The highest BCUT2D eigenvalue weighted by atomic mass is 16.5. The zero-order valence-corrected chi connectivity index (χ0v) is 11.1. The number of hydrogen-bond acceptors (Lipinski definition) is 5. The van der Waals surface area contributed by atoms with E-state index >= 15 is 0 Å². The van der Waals surface area contributed by atoms with Crippen molar-refractivity contribution in [1.29, 1.82) is 0 Å². The van der Waals surface area contributed by atoms with Crippen LogP contribution in [0.15, 0.2) is 0 Å². The van der Waals surface area contributed by atoms with Gasteiger partial charge >= 0.3 is 18.0 Å². The third-order valence-corrected chi connectivity index (χ3v) is 2.31. The second kappa shape index (κ2) is 9.15. The van der Waals surface area contributed by atoms with Gasteiger partial charge in [-0.1, -0.05) is 6.92 Å². The first-order valence-electron chi connectivity index (χ1n) is 5.92. The maximum atomic E-state index is 11.7. The minimum Gasteiger partial charge on any atom is -0.479 e. The average Bonchev–Trinajstić information content (AvgIpc) is 2.37. The first-order valence-corrected chi connectivity index (χ1v) is 5.92. The summed E-state index contributed by atoms with van der Waals surface area (Å²) in [4.78, 5) is 34.4. The Labute approximate surface area is 111 Å². The number of aliphatic hydroxyl groups is 1. The number of hydrogen-bond donors (Lipinski definition) is 3. The fraction of sp³-hybridized carbons (Fsp3) is 0.727. The van der Waals surface area contributed by atoms with E-state index in [2.05, 4.69) is 10.1 Å². The van der Waals surface area contributed by atoms with Crippen LogP contribution in [0.3, 0.4) is 0 Å². The molecule has 0 aliphatic heterocycles. The van der Waals surface area contributed by atoms with Crippen LogP contribution in [0.5, 0.6) is 0 Å². The second-order valence-corrected chi connectivity index (χ2v) is 3.87. The molecule has 0 radical (unpaired) electrons. The van der Waals surface area contributed by atoms with Gasteiger partial charge in [0, 0.05) is 19.5 Å². The molecule has 0 bridgehead atoms. The van der Waals surface area contributed by atoms with Crippen molar-refractivity contribution in [3.05, 3.63) is 0 Å². The molecule has 8 heteroatoms. The minimum absolute atomic E-state index is 0.00763. The van der Waals surface area contributed by atoms with Gasteiger partial charge in [0.1, 0.15) is 6.54 Å². The minimum atomic E-state index is -1.51. The number of carboxylic acids is 1. The molecule has 0 aromatic heterocycles. The first-order chi connectivity index (χ1) is 8.92. The van der Waals surface area contributed by atoms with Crippen molar-refractivity contribution in [3.8, 4) is 0 Å². The topological polar surface area (TPSA) is 116 Å². The molecular formula is C11H20N2O6. The number of aliphatic hydroxyl groups excluding tert-OH is 1. The summed E-state index contributed by atoms with van der Waals surface area (Å²) in [6.07, 6.45) is -0.943. The summed E-state index contributed by atoms with van der Waals surface area (Å²) in [6.45, 7) is 2.07. The summed E-state index contributed by atoms with van der Waals surface area (Å²) in [5.74, 6) is -1.87. The molecule has 0 saturated carbocycles. The van der Waals surface area contributed by atoms with Crippen molar-refractivity contribution in [1.82, 2.24) is 10.2 Å². The molecule has 0 fully saturated rings. The van der Waals surface area contributed by atoms with Crippen LogP contribution in [-0.2, 0) is 14.3 Å². The van der Waals surface area contributed by atoms with Crippen molar-refractivity contribution < 1.29 is 29.3 Å². The molecule has 0 aromatic rings. The van der Waals surface area contributed by atoms with Crippen molar-refractivity contribution in [3.63, 3.8) is 0 Å². The van der Waals surface area contributed by atoms with E-state index in [1.165, 1.54) is 12.0 Å². The highest BCUT2D eigenvalue weighted by Crippen LogP contribution is 1.95. The van der Waals surface area contributed by atoms with E-state index in [0.717, 1.165) is 0 Å². The largest absolute Gasteiger partial charge is 0.479 e. The van der Waals surface area contributed by atoms with Crippen LogP contribution >= 0.6 is 0 Å². The number of rotatable bonds is 8. The molecule has 1 unspecified atom stereocenters. The van der Waals surface area contributed by atoms with E-state index in [-0.39, 0.29) is 19.5 Å². The molecular weight excluding hydrogens is 256 g/mol. The predicted molar refractivity (Wildman–Crippen MR) is 65.5 cm³/mol. The summed E-state index contributed by atoms with van der Waals surface area (Å²) < 4.78 is 4.47. The Hall–Kier alpha value is -1.83. The molecule has 0 aliphatic rings. The summed E-state index contributed by atoms with van der Waals surface area (Å²) in [7, 11) is 1.23. The van der Waals surface area contributed by atoms with Gasteiger partial charge in [-0.15, -0.1) is 0 Å². The molecule has 110 valence electrons. The van der Waals surface area contributed by atoms with Crippen molar-refractivity contribution >= 4 is 18.0 Å². The quantitative estimate of drug-likeness (QED) is 0.511. The molecule has 3 N–H and O–H groups in total. The number of carboxylic acid groups (broad SMARTS) is 1. The van der Waals surface area contributed by atoms with E-state index in [9.17, 15) is 14.4 Å². The molecule has 0 aliphatic carbocycles. The number of amides is 2. The van der Waals surface area contributed by atoms with E-state index in [1.54, 1.807) is 0 Å². The van der Waals surface area contributed by atoms with Gasteiger partial charge in [-0.2, -0.15) is 0 Å². The molecule has 19 heavy (non-hydrogen) atoms. The maximum Gasteiger partial charge on any atom is 0.332 e. The zero-order valence-electron chi connectivity index (χ0n) is 11.1. The number of ether oxygens (including phenoxy) is 1. The number of nitrogens with zero attached hydrogens (tertiary/aromatic N) is 1. The number of urea groups is 1. The van der Waals surface area contributed by atoms with Crippen molar-refractivity contribution in [2.75, 3.05) is 26.7 Å². The van der Waals surface area contributed by atoms with Gasteiger partial charge < -0.3 is 25.2 Å². The standard InChI is InChI=1S/C11H20N2O6/c1-3-6-13(7-9(15)19-2)11(18)12-5-4-8(14)10(16)17/h8,14H,3-7H2,1-2H3,(H,12,18)(H,16,17). The predicted octanol–water partition coefficient (Wildman–Crippen LogP) is -0.583. The summed E-state index contributed by atoms with van der Waals surface area (Å²) >= 11 is 0. The van der Waals surface area contributed by atoms with Crippen LogP contribution in [0, 0.1) is 0 Å². The van der Waals surface area contributed by atoms with Gasteiger partial charge in [0.05, 0.1) is 7.11 Å². The molecule has 0 saturated heterocycles. The Balaban J connectivity index is 4.17. The summed E-state index contributed by atoms with van der Waals surface area (Å²) in [6, 6.07) is -0.496. The highest BCUT2D eigenvalue weighted by molar-refractivity contribution is 5.81. The normalized spacial score (nSPS) is 11.5. The Morgan fingerprint density at radius 2 is 2.00 bits per heavy atom. The van der Waals surface area contributed by atoms with Crippen LogP contribution in [-0.4, -0.2) is 65.9 Å². The highest BCUT2D eigenvalue weighted by Gasteiger charge is 2.18. The molecule has 0 spiro atoms. The van der Waals surface area contributed by atoms with Crippen LogP contribution < -0.4 is 5.32 Å². The lowest BCUT2D eigenvalue weighted by molar-refractivity contribution is -0.146. The van der Waals surface area contributed by atoms with Gasteiger partial charge in [-0.25, -0.2) is 9.59 Å². The number of aliphatic carboxylic acids is 1. The molecule has 0 rings (SSSR count). The van der Waals surface area contributed by atoms with E-state index in [4.69, 9.17) is 10.2 Å². The first kappa shape index (κ1) is 17.2. The molecule has 1 atom stereocenters. The van der Waals surface area contributed by atoms with Crippen LogP contribution in [0.4, 0.5) is 4.79 Å². The van der Waals surface area contributed by atoms with Crippen molar-refractivity contribution in [2.24, 2.45) is 0 Å². The SMILES string of the molecule is CCCN(CC(=O)OC)C(=O)NCCC(O)C(=O)O. The Bertz CT molecular complexity index is 320. The van der Waals surface area contributed by atoms with E-state index in [1.807, 2.05) is 6.92 Å². The van der Waals surface area contributed by atoms with Gasteiger partial charge in [0.25, 0.3) is 0 Å². The molecule has 8 nitrogen and oxygen atoms in total. The van der Waals surface area contributed by atoms with Gasteiger partial charge in [0.2, 0.25) is 0 Å². The van der Waals surface area contributed by atoms with E-state index < -0.39 is 24.1 Å². The number of carbonyl (C=O) groups excluding carboxylic acids is 2. The Morgan fingerprint density at radius 3 is 2.47 bits per heavy atom. The second-order valence-electron chi connectivity index (χ2n) is 3.87. The molecule has 2 amide bonds. The smallest absolute Gasteiger partial charge is 0.332 e. The lowest BCUT2D eigenvalue weighted by Crippen LogP contribution is -2.44. The molecule has 0 aromatic carbocycles. The lowest BCUT2D eigenvalue weighted by atomic mass is 10.2. The third-order valence-electron chi connectivity index (χ3n) is 2.31. The number of nitrogens with one attached hydrogen (secondary N) is 1. The summed E-state index contributed by atoms with van der Waals surface area (Å²) in [5, 5.41) is 19.9. The monoisotopic (exact) mass is 276 g/mol. The van der Waals surface area contributed by atoms with Crippen LogP contribution in [0.25, 0.3) is 0 Å². The third kappa shape index (κ3) is 7.24.